The highest BCUT2D eigenvalue weighted by molar-refractivity contribution is 6.07. The van der Waals surface area contributed by atoms with Gasteiger partial charge in [-0.15, -0.1) is 0 Å². The summed E-state index contributed by atoms with van der Waals surface area (Å²) in [6, 6.07) is 10.6. The molecule has 0 heterocycles. The molecule has 0 aliphatic heterocycles. The Hall–Kier alpha value is -2.75. The molecule has 4 heteroatoms. The van der Waals surface area contributed by atoms with Crippen LogP contribution in [0.25, 0.3) is 6.08 Å². The molecule has 0 saturated heterocycles. The van der Waals surface area contributed by atoms with Crippen LogP contribution in [0.2, 0.25) is 0 Å². The summed E-state index contributed by atoms with van der Waals surface area (Å²) in [5.74, 6) is 1.25. The normalized spacial score (nSPS) is 10.7. The summed E-state index contributed by atoms with van der Waals surface area (Å²) in [5, 5.41) is 0. The van der Waals surface area contributed by atoms with Gasteiger partial charge in [-0.2, -0.15) is 0 Å². The zero-order valence-electron chi connectivity index (χ0n) is 12.9. The van der Waals surface area contributed by atoms with Gasteiger partial charge in [0, 0.05) is 11.3 Å². The zero-order chi connectivity index (χ0) is 16.1. The number of anilines is 1. The lowest BCUT2D eigenvalue weighted by Crippen LogP contribution is -1.97. The predicted molar refractivity (Wildman–Crippen MR) is 88.5 cm³/mol. The van der Waals surface area contributed by atoms with E-state index >= 15 is 0 Å². The fraction of sp³-hybridized carbons (Fsp3) is 0.167. The van der Waals surface area contributed by atoms with E-state index in [9.17, 15) is 4.79 Å². The number of allylic oxidation sites excluding steroid dienone is 1. The molecule has 0 saturated carbocycles. The van der Waals surface area contributed by atoms with Crippen LogP contribution < -0.4 is 15.2 Å². The van der Waals surface area contributed by atoms with Crippen molar-refractivity contribution < 1.29 is 14.3 Å². The Kier molecular flexibility index (Phi) is 4.84. The first-order valence-corrected chi connectivity index (χ1v) is 6.86. The van der Waals surface area contributed by atoms with Crippen molar-refractivity contribution in [3.8, 4) is 11.5 Å². The molecule has 2 aromatic rings. The predicted octanol–water partition coefficient (Wildman–Crippen LogP) is 3.49. The van der Waals surface area contributed by atoms with Crippen LogP contribution in [0.5, 0.6) is 11.5 Å². The Morgan fingerprint density at radius 3 is 2.32 bits per heavy atom. The molecule has 4 nitrogen and oxygen atoms in total. The fourth-order valence-electron chi connectivity index (χ4n) is 2.20. The Balaban J connectivity index is 2.35. The highest BCUT2D eigenvalue weighted by Crippen LogP contribution is 2.33. The molecule has 2 rings (SSSR count). The molecule has 2 N–H and O–H groups in total. The van der Waals surface area contributed by atoms with E-state index in [0.29, 0.717) is 22.7 Å². The molecule has 0 aliphatic rings. The number of benzene rings is 2. The molecule has 0 aromatic heterocycles. The third-order valence-electron chi connectivity index (χ3n) is 3.37. The van der Waals surface area contributed by atoms with Gasteiger partial charge in [0.15, 0.2) is 5.78 Å². The van der Waals surface area contributed by atoms with E-state index in [1.54, 1.807) is 44.6 Å². The van der Waals surface area contributed by atoms with Crippen LogP contribution >= 0.6 is 0 Å². The van der Waals surface area contributed by atoms with Crippen LogP contribution in [0.1, 0.15) is 21.5 Å². The van der Waals surface area contributed by atoms with Crippen LogP contribution in [0.15, 0.2) is 42.5 Å². The van der Waals surface area contributed by atoms with Crippen molar-refractivity contribution >= 4 is 17.5 Å². The van der Waals surface area contributed by atoms with E-state index in [2.05, 4.69) is 0 Å². The van der Waals surface area contributed by atoms with Gasteiger partial charge in [-0.25, -0.2) is 0 Å². The van der Waals surface area contributed by atoms with Crippen LogP contribution in [0, 0.1) is 6.92 Å². The molecular formula is C18H19NO3. The van der Waals surface area contributed by atoms with Crippen molar-refractivity contribution in [1.29, 1.82) is 0 Å². The van der Waals surface area contributed by atoms with Gasteiger partial charge in [0.1, 0.15) is 11.5 Å². The molecule has 0 aliphatic carbocycles. The van der Waals surface area contributed by atoms with Crippen molar-refractivity contribution in [2.24, 2.45) is 0 Å². The summed E-state index contributed by atoms with van der Waals surface area (Å²) in [6.45, 7) is 1.94. The standard InChI is InChI=1S/C18H19NO3/c1-12-4-11-17(21-2)15(18(12)22-3)9-10-16(20)13-5-7-14(19)8-6-13/h4-11H,19H2,1-3H3. The van der Waals surface area contributed by atoms with Crippen LogP contribution in [0.3, 0.4) is 0 Å². The number of rotatable bonds is 5. The third kappa shape index (κ3) is 3.28. The van der Waals surface area contributed by atoms with Crippen molar-refractivity contribution in [2.45, 2.75) is 6.92 Å². The summed E-state index contributed by atoms with van der Waals surface area (Å²) in [4.78, 5) is 12.2. The largest absolute Gasteiger partial charge is 0.496 e. The first kappa shape index (κ1) is 15.6. The first-order chi connectivity index (χ1) is 10.6. The Morgan fingerprint density at radius 2 is 1.73 bits per heavy atom. The monoisotopic (exact) mass is 297 g/mol. The molecule has 22 heavy (non-hydrogen) atoms. The van der Waals surface area contributed by atoms with Crippen LogP contribution in [0.4, 0.5) is 5.69 Å². The smallest absolute Gasteiger partial charge is 0.185 e. The number of hydrogen-bond acceptors (Lipinski definition) is 4. The number of carbonyl (C=O) groups is 1. The molecule has 0 unspecified atom stereocenters. The maximum atomic E-state index is 12.2. The lowest BCUT2D eigenvalue weighted by molar-refractivity contribution is 0.104. The lowest BCUT2D eigenvalue weighted by atomic mass is 10.1. The molecule has 0 atom stereocenters. The second-order valence-corrected chi connectivity index (χ2v) is 4.85. The quantitative estimate of drug-likeness (QED) is 0.521. The summed E-state index contributed by atoms with van der Waals surface area (Å²) in [5.41, 5.74) is 8.55. The van der Waals surface area contributed by atoms with Crippen molar-refractivity contribution in [3.05, 3.63) is 59.2 Å². The van der Waals surface area contributed by atoms with Gasteiger partial charge >= 0.3 is 0 Å². The van der Waals surface area contributed by atoms with E-state index < -0.39 is 0 Å². The number of aryl methyl sites for hydroxylation is 1. The maximum absolute atomic E-state index is 12.2. The lowest BCUT2D eigenvalue weighted by Gasteiger charge is -2.12. The number of ether oxygens (including phenoxy) is 2. The number of nitrogens with two attached hydrogens (primary N) is 1. The summed E-state index contributed by atoms with van der Waals surface area (Å²) < 4.78 is 10.8. The van der Waals surface area contributed by atoms with Gasteiger partial charge in [-0.1, -0.05) is 6.07 Å². The molecule has 0 spiro atoms. The van der Waals surface area contributed by atoms with Crippen molar-refractivity contribution in [3.63, 3.8) is 0 Å². The molecule has 0 amide bonds. The highest BCUT2D eigenvalue weighted by atomic mass is 16.5. The fourth-order valence-corrected chi connectivity index (χ4v) is 2.20. The van der Waals surface area contributed by atoms with Crippen LogP contribution in [-0.4, -0.2) is 20.0 Å². The number of carbonyl (C=O) groups excluding carboxylic acids is 1. The Bertz CT molecular complexity index is 703. The summed E-state index contributed by atoms with van der Waals surface area (Å²) in [6.07, 6.45) is 3.22. The van der Waals surface area contributed by atoms with Gasteiger partial charge in [0.05, 0.1) is 19.8 Å². The van der Waals surface area contributed by atoms with Gasteiger partial charge in [0.2, 0.25) is 0 Å². The molecular weight excluding hydrogens is 278 g/mol. The topological polar surface area (TPSA) is 61.5 Å². The number of hydrogen-bond donors (Lipinski definition) is 1. The van der Waals surface area contributed by atoms with E-state index in [4.69, 9.17) is 15.2 Å². The van der Waals surface area contributed by atoms with Gasteiger partial charge in [-0.05, 0) is 55.0 Å². The minimum atomic E-state index is -0.106. The van der Waals surface area contributed by atoms with Crippen molar-refractivity contribution in [2.75, 3.05) is 20.0 Å². The SMILES string of the molecule is COc1ccc(C)c(OC)c1C=CC(=O)c1ccc(N)cc1. The maximum Gasteiger partial charge on any atom is 0.185 e. The van der Waals surface area contributed by atoms with E-state index in [1.165, 1.54) is 6.08 Å². The highest BCUT2D eigenvalue weighted by Gasteiger charge is 2.11. The number of ketones is 1. The van der Waals surface area contributed by atoms with Crippen molar-refractivity contribution in [1.82, 2.24) is 0 Å². The molecule has 0 fully saturated rings. The number of nitrogen functional groups attached to an aromatic ring is 1. The molecule has 114 valence electrons. The second-order valence-electron chi connectivity index (χ2n) is 4.85. The third-order valence-corrected chi connectivity index (χ3v) is 3.37. The van der Waals surface area contributed by atoms with Gasteiger partial charge < -0.3 is 15.2 Å². The molecule has 0 radical (unpaired) electrons. The Morgan fingerprint density at radius 1 is 1.05 bits per heavy atom. The zero-order valence-corrected chi connectivity index (χ0v) is 12.9. The Labute approximate surface area is 130 Å². The summed E-state index contributed by atoms with van der Waals surface area (Å²) in [7, 11) is 3.18. The number of methoxy groups -OCH3 is 2. The van der Waals surface area contributed by atoms with E-state index in [1.807, 2.05) is 19.1 Å². The van der Waals surface area contributed by atoms with Gasteiger partial charge in [0.25, 0.3) is 0 Å². The van der Waals surface area contributed by atoms with Gasteiger partial charge in [-0.3, -0.25) is 4.79 Å². The first-order valence-electron chi connectivity index (χ1n) is 6.86. The minimum absolute atomic E-state index is 0.106. The summed E-state index contributed by atoms with van der Waals surface area (Å²) >= 11 is 0. The molecule has 2 aromatic carbocycles. The van der Waals surface area contributed by atoms with E-state index in [0.717, 1.165) is 11.1 Å². The second kappa shape index (κ2) is 6.80. The minimum Gasteiger partial charge on any atom is -0.496 e. The molecule has 0 bridgehead atoms. The average molecular weight is 297 g/mol. The van der Waals surface area contributed by atoms with Crippen LogP contribution in [-0.2, 0) is 0 Å². The van der Waals surface area contributed by atoms with E-state index in [-0.39, 0.29) is 5.78 Å². The average Bonchev–Trinajstić information content (AvgIpc) is 2.53.